The Bertz CT molecular complexity index is 819. The zero-order chi connectivity index (χ0) is 17.0. The van der Waals surface area contributed by atoms with Gasteiger partial charge in [0.2, 0.25) is 6.20 Å². The van der Waals surface area contributed by atoms with Gasteiger partial charge in [0, 0.05) is 16.9 Å². The number of aromatic nitrogens is 1. The fourth-order valence-electron chi connectivity index (χ4n) is 1.71. The summed E-state index contributed by atoms with van der Waals surface area (Å²) in [6, 6.07) is 9.43. The Morgan fingerprint density at radius 3 is 2.48 bits per heavy atom. The van der Waals surface area contributed by atoms with Crippen molar-refractivity contribution in [2.75, 3.05) is 5.23 Å². The molecule has 1 aromatic carbocycles. The van der Waals surface area contributed by atoms with Gasteiger partial charge in [-0.1, -0.05) is 0 Å². The fraction of sp³-hybridized carbons (Fsp3) is 0.0769. The van der Waals surface area contributed by atoms with E-state index >= 15 is 0 Å². The first-order chi connectivity index (χ1) is 10.8. The van der Waals surface area contributed by atoms with Crippen molar-refractivity contribution in [1.82, 2.24) is 4.83 Å². The maximum Gasteiger partial charge on any atom is 0.280 e. The lowest BCUT2D eigenvalue weighted by atomic mass is 10.3. The van der Waals surface area contributed by atoms with Gasteiger partial charge in [0.1, 0.15) is 5.71 Å². The van der Waals surface area contributed by atoms with E-state index in [0.717, 1.165) is 29.0 Å². The largest absolute Gasteiger partial charge is 0.733 e. The number of sulfonamides is 1. The maximum atomic E-state index is 12.1. The molecule has 0 atom stereocenters. The standard InChI is InChI=1S/C13H13N4O5S/c1-10(13-4-2-3-9-16(13)18)14-15-23(21,22)12-7-5-11(6-8-12)17(19)20/h2-9,18-19H,1H3/q-1/p+1. The Morgan fingerprint density at radius 1 is 1.26 bits per heavy atom. The number of benzene rings is 1. The Hall–Kier alpha value is -2.69. The van der Waals surface area contributed by atoms with Crippen molar-refractivity contribution in [3.63, 3.8) is 0 Å². The van der Waals surface area contributed by atoms with E-state index in [1.165, 1.54) is 13.1 Å². The third kappa shape index (κ3) is 3.94. The van der Waals surface area contributed by atoms with Gasteiger partial charge in [0.05, 0.1) is 10.6 Å². The van der Waals surface area contributed by atoms with E-state index in [1.807, 2.05) is 4.83 Å². The third-order valence-corrected chi connectivity index (χ3v) is 4.14. The molecule has 0 spiro atoms. The Kier molecular flexibility index (Phi) is 4.79. The second-order valence-electron chi connectivity index (χ2n) is 4.49. The molecule has 0 bridgehead atoms. The van der Waals surface area contributed by atoms with E-state index in [2.05, 4.69) is 5.10 Å². The van der Waals surface area contributed by atoms with E-state index < -0.39 is 10.0 Å². The summed E-state index contributed by atoms with van der Waals surface area (Å²) in [4.78, 5) is 1.90. The number of nitrogens with one attached hydrogen (secondary N) is 1. The van der Waals surface area contributed by atoms with E-state index in [9.17, 15) is 18.8 Å². The molecular formula is C13H14N4O5S. The molecule has 122 valence electrons. The topological polar surface area (TPSA) is 129 Å². The normalized spacial score (nSPS) is 12.0. The molecule has 0 radical (unpaired) electrons. The SMILES string of the molecule is C/C(=N\NS(=O)(=O)c1ccc(N([O-])O)cc1)c1cccc[n+]1O. The summed E-state index contributed by atoms with van der Waals surface area (Å²) in [5.74, 6) is 0. The minimum Gasteiger partial charge on any atom is -0.733 e. The van der Waals surface area contributed by atoms with Crippen LogP contribution in [-0.2, 0) is 10.0 Å². The second kappa shape index (κ2) is 6.60. The van der Waals surface area contributed by atoms with Gasteiger partial charge >= 0.3 is 0 Å². The smallest absolute Gasteiger partial charge is 0.280 e. The van der Waals surface area contributed by atoms with E-state index in [1.54, 1.807) is 18.2 Å². The fourth-order valence-corrected chi connectivity index (χ4v) is 2.57. The highest BCUT2D eigenvalue weighted by atomic mass is 32.2. The molecule has 2 aromatic rings. The number of pyridine rings is 1. The molecular weight excluding hydrogens is 324 g/mol. The molecule has 0 fully saturated rings. The first-order valence-corrected chi connectivity index (χ1v) is 7.82. The molecule has 23 heavy (non-hydrogen) atoms. The second-order valence-corrected chi connectivity index (χ2v) is 6.15. The summed E-state index contributed by atoms with van der Waals surface area (Å²) in [5.41, 5.74) is 0.455. The molecule has 0 aliphatic rings. The summed E-state index contributed by atoms with van der Waals surface area (Å²) >= 11 is 0. The lowest BCUT2D eigenvalue weighted by Gasteiger charge is -2.21. The molecule has 0 amide bonds. The molecule has 3 N–H and O–H groups in total. The Morgan fingerprint density at radius 2 is 1.91 bits per heavy atom. The molecule has 10 heteroatoms. The number of hydrazone groups is 1. The first-order valence-electron chi connectivity index (χ1n) is 6.34. The van der Waals surface area contributed by atoms with E-state index in [4.69, 9.17) is 5.21 Å². The minimum absolute atomic E-state index is 0.103. The number of rotatable bonds is 5. The van der Waals surface area contributed by atoms with Crippen molar-refractivity contribution in [3.8, 4) is 0 Å². The summed E-state index contributed by atoms with van der Waals surface area (Å²) in [7, 11) is -3.95. The zero-order valence-corrected chi connectivity index (χ0v) is 12.8. The molecule has 0 saturated carbocycles. The number of hydrogen-bond donors (Lipinski definition) is 3. The highest BCUT2D eigenvalue weighted by Gasteiger charge is 2.16. The van der Waals surface area contributed by atoms with Gasteiger partial charge in [-0.25, -0.2) is 0 Å². The van der Waals surface area contributed by atoms with Crippen LogP contribution in [-0.4, -0.2) is 24.5 Å². The van der Waals surface area contributed by atoms with Crippen LogP contribution in [0.3, 0.4) is 0 Å². The number of anilines is 1. The predicted molar refractivity (Wildman–Crippen MR) is 80.4 cm³/mol. The van der Waals surface area contributed by atoms with Crippen LogP contribution in [0.15, 0.2) is 58.7 Å². The van der Waals surface area contributed by atoms with Gasteiger partial charge in [-0.2, -0.15) is 18.4 Å². The highest BCUT2D eigenvalue weighted by molar-refractivity contribution is 7.89. The summed E-state index contributed by atoms with van der Waals surface area (Å²) in [6.45, 7) is 1.52. The van der Waals surface area contributed by atoms with E-state index in [0.29, 0.717) is 5.69 Å². The van der Waals surface area contributed by atoms with Crippen LogP contribution >= 0.6 is 0 Å². The van der Waals surface area contributed by atoms with Crippen molar-refractivity contribution in [2.24, 2.45) is 5.10 Å². The molecule has 0 unspecified atom stereocenters. The lowest BCUT2D eigenvalue weighted by molar-refractivity contribution is -0.905. The molecule has 2 rings (SSSR count). The first kappa shape index (κ1) is 16.7. The van der Waals surface area contributed by atoms with Crippen LogP contribution in [0.2, 0.25) is 0 Å². The van der Waals surface area contributed by atoms with Gasteiger partial charge in [-0.15, -0.1) is 0 Å². The molecule has 0 saturated heterocycles. The quantitative estimate of drug-likeness (QED) is 0.317. The number of nitrogens with zero attached hydrogens (tertiary/aromatic N) is 3. The van der Waals surface area contributed by atoms with Crippen LogP contribution in [0, 0.1) is 5.21 Å². The average molecular weight is 338 g/mol. The van der Waals surface area contributed by atoms with Crippen LogP contribution in [0.5, 0.6) is 0 Å². The van der Waals surface area contributed by atoms with Crippen LogP contribution in [0.1, 0.15) is 12.6 Å². The molecule has 0 aliphatic carbocycles. The molecule has 9 nitrogen and oxygen atoms in total. The van der Waals surface area contributed by atoms with Crippen molar-refractivity contribution >= 4 is 21.4 Å². The van der Waals surface area contributed by atoms with Crippen molar-refractivity contribution in [1.29, 1.82) is 0 Å². The molecule has 1 aromatic heterocycles. The molecule has 0 aliphatic heterocycles. The van der Waals surface area contributed by atoms with Crippen LogP contribution in [0.4, 0.5) is 5.69 Å². The Labute approximate surface area is 132 Å². The minimum atomic E-state index is -3.95. The predicted octanol–water partition coefficient (Wildman–Crippen LogP) is 0.607. The molecule has 1 heterocycles. The van der Waals surface area contributed by atoms with Gasteiger partial charge in [0.25, 0.3) is 15.7 Å². The number of hydrogen-bond acceptors (Lipinski definition) is 7. The Balaban J connectivity index is 2.21. The third-order valence-electron chi connectivity index (χ3n) is 2.91. The lowest BCUT2D eigenvalue weighted by Crippen LogP contribution is -2.37. The highest BCUT2D eigenvalue weighted by Crippen LogP contribution is 2.16. The van der Waals surface area contributed by atoms with Crippen molar-refractivity contribution in [3.05, 3.63) is 59.6 Å². The van der Waals surface area contributed by atoms with Crippen molar-refractivity contribution in [2.45, 2.75) is 11.8 Å². The monoisotopic (exact) mass is 338 g/mol. The summed E-state index contributed by atoms with van der Waals surface area (Å²) in [5, 5.41) is 32.4. The van der Waals surface area contributed by atoms with Crippen molar-refractivity contribution < 1.29 is 23.6 Å². The maximum absolute atomic E-state index is 12.1. The average Bonchev–Trinajstić information content (AvgIpc) is 2.53. The summed E-state index contributed by atoms with van der Waals surface area (Å²) < 4.78 is 25.0. The van der Waals surface area contributed by atoms with Crippen LogP contribution < -0.4 is 14.8 Å². The van der Waals surface area contributed by atoms with Gasteiger partial charge in [0.15, 0.2) is 0 Å². The van der Waals surface area contributed by atoms with Gasteiger partial charge in [-0.3, -0.25) is 10.4 Å². The zero-order valence-electron chi connectivity index (χ0n) is 12.0. The van der Waals surface area contributed by atoms with Crippen LogP contribution in [0.25, 0.3) is 0 Å². The summed E-state index contributed by atoms with van der Waals surface area (Å²) in [6.07, 6.45) is 1.38. The van der Waals surface area contributed by atoms with E-state index in [-0.39, 0.29) is 21.5 Å². The van der Waals surface area contributed by atoms with Gasteiger partial charge in [-0.05, 0) is 37.3 Å². The van der Waals surface area contributed by atoms with Gasteiger partial charge < -0.3 is 10.4 Å².